The van der Waals surface area contributed by atoms with E-state index in [9.17, 15) is 0 Å². The summed E-state index contributed by atoms with van der Waals surface area (Å²) in [7, 11) is 0. The minimum atomic E-state index is 0.202. The van der Waals surface area contributed by atoms with Gasteiger partial charge >= 0.3 is 0 Å². The Morgan fingerprint density at radius 1 is 0.893 bits per heavy atom. The lowest BCUT2D eigenvalue weighted by Crippen LogP contribution is -2.46. The van der Waals surface area contributed by atoms with Crippen molar-refractivity contribution in [2.24, 2.45) is 0 Å². The molecule has 4 rings (SSSR count). The molecule has 144 valence electrons. The van der Waals surface area contributed by atoms with E-state index in [0.29, 0.717) is 5.82 Å². The molecule has 1 saturated heterocycles. The first-order valence-corrected chi connectivity index (χ1v) is 9.43. The van der Waals surface area contributed by atoms with Gasteiger partial charge in [0.25, 0.3) is 0 Å². The molecule has 0 saturated carbocycles. The molecule has 3 heterocycles. The summed E-state index contributed by atoms with van der Waals surface area (Å²) in [6.45, 7) is 5.52. The number of benzene rings is 1. The van der Waals surface area contributed by atoms with Gasteiger partial charge in [0.05, 0.1) is 11.9 Å². The van der Waals surface area contributed by atoms with Crippen LogP contribution in [0, 0.1) is 0 Å². The van der Waals surface area contributed by atoms with E-state index in [-0.39, 0.29) is 5.95 Å². The monoisotopic (exact) mass is 376 g/mol. The lowest BCUT2D eigenvalue weighted by atomic mass is 10.1. The van der Waals surface area contributed by atoms with Crippen molar-refractivity contribution in [1.82, 2.24) is 19.9 Å². The van der Waals surface area contributed by atoms with Crippen LogP contribution in [-0.2, 0) is 6.42 Å². The Labute approximate surface area is 164 Å². The molecule has 8 nitrogen and oxygen atoms in total. The smallest absolute Gasteiger partial charge is 0.222 e. The molecule has 0 radical (unpaired) electrons. The predicted molar refractivity (Wildman–Crippen MR) is 112 cm³/mol. The van der Waals surface area contributed by atoms with E-state index in [2.05, 4.69) is 60.9 Å². The average molecular weight is 376 g/mol. The highest BCUT2D eigenvalue weighted by Crippen LogP contribution is 2.27. The molecule has 0 atom stereocenters. The number of rotatable bonds is 4. The van der Waals surface area contributed by atoms with Gasteiger partial charge in [0.15, 0.2) is 5.82 Å². The Morgan fingerprint density at radius 3 is 2.29 bits per heavy atom. The molecule has 0 unspecified atom stereocenters. The third-order valence-corrected chi connectivity index (χ3v) is 5.00. The van der Waals surface area contributed by atoms with Crippen LogP contribution in [0.15, 0.2) is 42.9 Å². The van der Waals surface area contributed by atoms with Crippen LogP contribution < -0.4 is 21.3 Å². The van der Waals surface area contributed by atoms with E-state index in [1.807, 2.05) is 12.4 Å². The lowest BCUT2D eigenvalue weighted by molar-refractivity contribution is 0.652. The van der Waals surface area contributed by atoms with Gasteiger partial charge in [0.1, 0.15) is 5.82 Å². The molecule has 1 aliphatic rings. The standard InChI is InChI=1S/C20H24N8/c1-2-18-23-11-15(12-24-18)14-4-3-5-16(10-14)27-6-8-28(9-7-27)17-13-25-20(22)26-19(17)21/h3-5,10-13H,2,6-9H2,1H3,(H4,21,22,25,26). The molecule has 0 bridgehead atoms. The average Bonchev–Trinajstić information content (AvgIpc) is 2.74. The van der Waals surface area contributed by atoms with Gasteiger partial charge in [-0.25, -0.2) is 15.0 Å². The van der Waals surface area contributed by atoms with Crippen LogP contribution in [0.2, 0.25) is 0 Å². The zero-order chi connectivity index (χ0) is 19.5. The van der Waals surface area contributed by atoms with Crippen LogP contribution in [0.1, 0.15) is 12.7 Å². The largest absolute Gasteiger partial charge is 0.382 e. The molecule has 4 N–H and O–H groups in total. The van der Waals surface area contributed by atoms with E-state index in [0.717, 1.165) is 55.2 Å². The fourth-order valence-corrected chi connectivity index (χ4v) is 3.42. The van der Waals surface area contributed by atoms with E-state index in [1.54, 1.807) is 6.20 Å². The van der Waals surface area contributed by atoms with Crippen molar-refractivity contribution in [2.75, 3.05) is 47.4 Å². The van der Waals surface area contributed by atoms with Gasteiger partial charge < -0.3 is 21.3 Å². The van der Waals surface area contributed by atoms with E-state index >= 15 is 0 Å². The van der Waals surface area contributed by atoms with Gasteiger partial charge in [0, 0.05) is 56.2 Å². The van der Waals surface area contributed by atoms with E-state index in [4.69, 9.17) is 11.5 Å². The quantitative estimate of drug-likeness (QED) is 0.711. The molecule has 1 fully saturated rings. The summed E-state index contributed by atoms with van der Waals surface area (Å²) >= 11 is 0. The fraction of sp³-hybridized carbons (Fsp3) is 0.300. The molecule has 0 aliphatic carbocycles. The first-order valence-electron chi connectivity index (χ1n) is 9.43. The molecule has 8 heteroatoms. The Morgan fingerprint density at radius 2 is 1.61 bits per heavy atom. The maximum absolute atomic E-state index is 6.00. The summed E-state index contributed by atoms with van der Waals surface area (Å²) in [6, 6.07) is 8.51. The Balaban J connectivity index is 1.47. The summed E-state index contributed by atoms with van der Waals surface area (Å²) in [5.41, 5.74) is 15.8. The highest BCUT2D eigenvalue weighted by molar-refractivity contribution is 5.68. The Kier molecular flexibility index (Phi) is 4.92. The number of aryl methyl sites for hydroxylation is 1. The summed E-state index contributed by atoms with van der Waals surface area (Å²) in [4.78, 5) is 21.5. The highest BCUT2D eigenvalue weighted by Gasteiger charge is 2.20. The normalized spacial score (nSPS) is 14.3. The zero-order valence-corrected chi connectivity index (χ0v) is 15.9. The van der Waals surface area contributed by atoms with Gasteiger partial charge in [-0.3, -0.25) is 0 Å². The third kappa shape index (κ3) is 3.66. The molecule has 2 aromatic heterocycles. The summed E-state index contributed by atoms with van der Waals surface area (Å²) in [5.74, 6) is 1.49. The number of nitrogens with zero attached hydrogens (tertiary/aromatic N) is 6. The van der Waals surface area contributed by atoms with Crippen molar-refractivity contribution in [3.05, 3.63) is 48.7 Å². The molecule has 28 heavy (non-hydrogen) atoms. The van der Waals surface area contributed by atoms with Gasteiger partial charge in [-0.05, 0) is 17.7 Å². The van der Waals surface area contributed by atoms with Crippen LogP contribution in [-0.4, -0.2) is 46.1 Å². The number of nitrogens with two attached hydrogens (primary N) is 2. The lowest BCUT2D eigenvalue weighted by Gasteiger charge is -2.37. The second-order valence-corrected chi connectivity index (χ2v) is 6.76. The summed E-state index contributed by atoms with van der Waals surface area (Å²) in [5, 5.41) is 0. The van der Waals surface area contributed by atoms with Crippen molar-refractivity contribution < 1.29 is 0 Å². The van der Waals surface area contributed by atoms with Gasteiger partial charge in [-0.15, -0.1) is 0 Å². The molecule has 3 aromatic rings. The fourth-order valence-electron chi connectivity index (χ4n) is 3.42. The molecule has 0 spiro atoms. The van der Waals surface area contributed by atoms with Crippen LogP contribution in [0.3, 0.4) is 0 Å². The second-order valence-electron chi connectivity index (χ2n) is 6.76. The van der Waals surface area contributed by atoms with Gasteiger partial charge in [-0.1, -0.05) is 19.1 Å². The maximum atomic E-state index is 6.00. The van der Waals surface area contributed by atoms with Crippen LogP contribution in [0.25, 0.3) is 11.1 Å². The SMILES string of the molecule is CCc1ncc(-c2cccc(N3CCN(c4cnc(N)nc4N)CC3)c2)cn1. The predicted octanol–water partition coefficient (Wildman–Crippen LogP) is 1.99. The van der Waals surface area contributed by atoms with Crippen molar-refractivity contribution in [2.45, 2.75) is 13.3 Å². The number of piperazine rings is 1. The van der Waals surface area contributed by atoms with Crippen molar-refractivity contribution >= 4 is 23.1 Å². The molecular formula is C20H24N8. The molecule has 0 amide bonds. The highest BCUT2D eigenvalue weighted by atomic mass is 15.3. The van der Waals surface area contributed by atoms with E-state index in [1.165, 1.54) is 5.69 Å². The zero-order valence-electron chi connectivity index (χ0n) is 15.9. The number of hydrogen-bond donors (Lipinski definition) is 2. The third-order valence-electron chi connectivity index (χ3n) is 5.00. The van der Waals surface area contributed by atoms with Crippen LogP contribution in [0.5, 0.6) is 0 Å². The van der Waals surface area contributed by atoms with Crippen LogP contribution >= 0.6 is 0 Å². The summed E-state index contributed by atoms with van der Waals surface area (Å²) in [6.07, 6.45) is 6.33. The molecular weight excluding hydrogens is 352 g/mol. The number of aromatic nitrogens is 4. The summed E-state index contributed by atoms with van der Waals surface area (Å²) < 4.78 is 0. The molecule has 1 aromatic carbocycles. The minimum absolute atomic E-state index is 0.202. The van der Waals surface area contributed by atoms with Crippen molar-refractivity contribution in [3.63, 3.8) is 0 Å². The van der Waals surface area contributed by atoms with Gasteiger partial charge in [-0.2, -0.15) is 4.98 Å². The Hall–Kier alpha value is -3.42. The van der Waals surface area contributed by atoms with Crippen LogP contribution in [0.4, 0.5) is 23.1 Å². The minimum Gasteiger partial charge on any atom is -0.382 e. The number of nitrogen functional groups attached to an aromatic ring is 2. The first-order chi connectivity index (χ1) is 13.6. The van der Waals surface area contributed by atoms with Gasteiger partial charge in [0.2, 0.25) is 5.95 Å². The maximum Gasteiger partial charge on any atom is 0.222 e. The number of hydrogen-bond acceptors (Lipinski definition) is 8. The van der Waals surface area contributed by atoms with Crippen molar-refractivity contribution in [1.29, 1.82) is 0 Å². The molecule has 1 aliphatic heterocycles. The van der Waals surface area contributed by atoms with E-state index < -0.39 is 0 Å². The first kappa shape index (κ1) is 18.0. The second kappa shape index (κ2) is 7.67. The number of anilines is 4. The Bertz CT molecular complexity index is 949. The van der Waals surface area contributed by atoms with Crippen molar-refractivity contribution in [3.8, 4) is 11.1 Å². The topological polar surface area (TPSA) is 110 Å².